The Morgan fingerprint density at radius 3 is 2.42 bits per heavy atom. The van der Waals surface area contributed by atoms with E-state index in [0.717, 1.165) is 32.2 Å². The lowest BCUT2D eigenvalue weighted by molar-refractivity contribution is 0.0512. The quantitative estimate of drug-likeness (QED) is 0.545. The predicted molar refractivity (Wildman–Crippen MR) is 86.2 cm³/mol. The molecule has 3 nitrogen and oxygen atoms in total. The highest BCUT2D eigenvalue weighted by Gasteiger charge is 2.20. The summed E-state index contributed by atoms with van der Waals surface area (Å²) in [5.74, 6) is 0.768. The average Bonchev–Trinajstić information content (AvgIpc) is 2.34. The van der Waals surface area contributed by atoms with Gasteiger partial charge in [0.15, 0.2) is 0 Å². The van der Waals surface area contributed by atoms with Gasteiger partial charge < -0.3 is 14.5 Å². The summed E-state index contributed by atoms with van der Waals surface area (Å²) in [4.78, 5) is 4.86. The number of piperidine rings is 1. The maximum Gasteiger partial charge on any atom is 0.0593 e. The van der Waals surface area contributed by atoms with Crippen molar-refractivity contribution in [1.29, 1.82) is 0 Å². The van der Waals surface area contributed by atoms with Crippen LogP contribution in [0.15, 0.2) is 0 Å². The van der Waals surface area contributed by atoms with E-state index in [-0.39, 0.29) is 0 Å². The van der Waals surface area contributed by atoms with E-state index in [2.05, 4.69) is 50.2 Å². The zero-order valence-electron chi connectivity index (χ0n) is 13.1. The minimum atomic E-state index is 0.436. The number of hydrogen-bond acceptors (Lipinski definition) is 4. The first-order valence-electron chi connectivity index (χ1n) is 7.67. The zero-order valence-corrected chi connectivity index (χ0v) is 14.0. The maximum absolute atomic E-state index is 5.84. The molecule has 4 heteroatoms. The largest absolute Gasteiger partial charge is 0.380 e. The van der Waals surface area contributed by atoms with Crippen LogP contribution in [0.25, 0.3) is 0 Å². The molecule has 0 bridgehead atoms. The molecule has 1 heterocycles. The molecule has 1 aliphatic rings. The summed E-state index contributed by atoms with van der Waals surface area (Å²) in [7, 11) is 2.14. The molecular formula is C15H32N2OS. The standard InChI is InChI=1S/C15H32N2OS/c1-13(2)17-7-5-15(6-8-17)12-18-10-9-16(4)11-14(3)19/h13-15,19H,5-12H2,1-4H3. The number of thiol groups is 1. The van der Waals surface area contributed by atoms with Gasteiger partial charge in [-0.3, -0.25) is 0 Å². The Balaban J connectivity index is 2.02. The van der Waals surface area contributed by atoms with Gasteiger partial charge in [-0.15, -0.1) is 0 Å². The molecule has 1 rings (SSSR count). The molecule has 0 aromatic rings. The fourth-order valence-corrected chi connectivity index (χ4v) is 2.93. The summed E-state index contributed by atoms with van der Waals surface area (Å²) >= 11 is 4.40. The summed E-state index contributed by atoms with van der Waals surface area (Å²) < 4.78 is 5.84. The molecule has 0 aliphatic carbocycles. The molecule has 1 unspecified atom stereocenters. The van der Waals surface area contributed by atoms with Gasteiger partial charge in [0.1, 0.15) is 0 Å². The Morgan fingerprint density at radius 2 is 1.89 bits per heavy atom. The molecule has 0 aromatic heterocycles. The van der Waals surface area contributed by atoms with E-state index in [1.165, 1.54) is 25.9 Å². The smallest absolute Gasteiger partial charge is 0.0593 e. The summed E-state index contributed by atoms with van der Waals surface area (Å²) in [6, 6.07) is 0.693. The molecule has 19 heavy (non-hydrogen) atoms. The Kier molecular flexibility index (Phi) is 8.38. The number of likely N-dealkylation sites (tertiary alicyclic amines) is 1. The number of rotatable bonds is 8. The van der Waals surface area contributed by atoms with Crippen molar-refractivity contribution >= 4 is 12.6 Å². The molecule has 0 N–H and O–H groups in total. The van der Waals surface area contributed by atoms with Crippen molar-refractivity contribution in [3.8, 4) is 0 Å². The molecule has 0 amide bonds. The Hall–Kier alpha value is 0.230. The second kappa shape index (κ2) is 9.22. The van der Waals surface area contributed by atoms with E-state index in [1.54, 1.807) is 0 Å². The molecule has 0 spiro atoms. The summed E-state index contributed by atoms with van der Waals surface area (Å²) in [6.07, 6.45) is 2.59. The molecule has 1 saturated heterocycles. The van der Waals surface area contributed by atoms with Crippen LogP contribution in [0.5, 0.6) is 0 Å². The van der Waals surface area contributed by atoms with Gasteiger partial charge in [0.25, 0.3) is 0 Å². The highest BCUT2D eigenvalue weighted by molar-refractivity contribution is 7.80. The topological polar surface area (TPSA) is 15.7 Å². The highest BCUT2D eigenvalue weighted by Crippen LogP contribution is 2.18. The van der Waals surface area contributed by atoms with Crippen LogP contribution < -0.4 is 0 Å². The molecule has 0 radical (unpaired) electrons. The predicted octanol–water partition coefficient (Wildman–Crippen LogP) is 2.37. The van der Waals surface area contributed by atoms with E-state index in [9.17, 15) is 0 Å². The van der Waals surface area contributed by atoms with Gasteiger partial charge in [0.05, 0.1) is 6.61 Å². The summed E-state index contributed by atoms with van der Waals surface area (Å²) in [5.41, 5.74) is 0. The van der Waals surface area contributed by atoms with E-state index < -0.39 is 0 Å². The van der Waals surface area contributed by atoms with Crippen molar-refractivity contribution in [2.75, 3.05) is 46.4 Å². The van der Waals surface area contributed by atoms with E-state index in [1.807, 2.05) is 0 Å². The minimum absolute atomic E-state index is 0.436. The molecular weight excluding hydrogens is 256 g/mol. The van der Waals surface area contributed by atoms with Crippen LogP contribution in [-0.4, -0.2) is 67.5 Å². The fraction of sp³-hybridized carbons (Fsp3) is 1.00. The first-order chi connectivity index (χ1) is 8.99. The number of ether oxygens (including phenoxy) is 1. The second-order valence-corrected chi connectivity index (χ2v) is 7.14. The van der Waals surface area contributed by atoms with Crippen LogP contribution in [0.4, 0.5) is 0 Å². The zero-order chi connectivity index (χ0) is 14.3. The normalized spacial score (nSPS) is 20.4. The van der Waals surface area contributed by atoms with Crippen LogP contribution in [0.2, 0.25) is 0 Å². The van der Waals surface area contributed by atoms with Gasteiger partial charge in [-0.2, -0.15) is 12.6 Å². The average molecular weight is 289 g/mol. The van der Waals surface area contributed by atoms with Crippen LogP contribution in [-0.2, 0) is 4.74 Å². The lowest BCUT2D eigenvalue weighted by Crippen LogP contribution is -2.39. The first-order valence-corrected chi connectivity index (χ1v) is 8.19. The molecule has 0 aromatic carbocycles. The Labute approximate surface area is 125 Å². The third kappa shape index (κ3) is 7.54. The number of nitrogens with zero attached hydrogens (tertiary/aromatic N) is 2. The maximum atomic E-state index is 5.84. The van der Waals surface area contributed by atoms with Crippen LogP contribution in [0.3, 0.4) is 0 Å². The third-order valence-corrected chi connectivity index (χ3v) is 4.09. The van der Waals surface area contributed by atoms with E-state index >= 15 is 0 Å². The van der Waals surface area contributed by atoms with Gasteiger partial charge in [-0.05, 0) is 52.7 Å². The van der Waals surface area contributed by atoms with Gasteiger partial charge in [0.2, 0.25) is 0 Å². The molecule has 0 saturated carbocycles. The van der Waals surface area contributed by atoms with Crippen LogP contribution in [0, 0.1) is 5.92 Å². The fourth-order valence-electron chi connectivity index (χ4n) is 2.65. The minimum Gasteiger partial charge on any atom is -0.380 e. The van der Waals surface area contributed by atoms with E-state index in [0.29, 0.717) is 11.3 Å². The van der Waals surface area contributed by atoms with Crippen molar-refractivity contribution in [2.24, 2.45) is 5.92 Å². The Bertz CT molecular complexity index is 228. The van der Waals surface area contributed by atoms with Gasteiger partial charge >= 0.3 is 0 Å². The molecule has 1 aliphatic heterocycles. The van der Waals surface area contributed by atoms with Crippen LogP contribution in [0.1, 0.15) is 33.6 Å². The van der Waals surface area contributed by atoms with Crippen molar-refractivity contribution < 1.29 is 4.74 Å². The monoisotopic (exact) mass is 288 g/mol. The molecule has 114 valence electrons. The van der Waals surface area contributed by atoms with Crippen molar-refractivity contribution in [1.82, 2.24) is 9.80 Å². The molecule has 1 atom stereocenters. The van der Waals surface area contributed by atoms with Crippen LogP contribution >= 0.6 is 12.6 Å². The molecule has 1 fully saturated rings. The summed E-state index contributed by atoms with van der Waals surface area (Å²) in [5, 5.41) is 0.436. The highest BCUT2D eigenvalue weighted by atomic mass is 32.1. The number of likely N-dealkylation sites (N-methyl/N-ethyl adjacent to an activating group) is 1. The SMILES string of the molecule is CC(S)CN(C)CCOCC1CCN(C(C)C)CC1. The lowest BCUT2D eigenvalue weighted by Gasteiger charge is -2.34. The number of hydrogen-bond donors (Lipinski definition) is 1. The Morgan fingerprint density at radius 1 is 1.26 bits per heavy atom. The van der Waals surface area contributed by atoms with Crippen molar-refractivity contribution in [2.45, 2.75) is 44.9 Å². The second-order valence-electron chi connectivity index (χ2n) is 6.26. The first kappa shape index (κ1) is 17.3. The summed E-state index contributed by atoms with van der Waals surface area (Å²) in [6.45, 7) is 13.0. The third-order valence-electron chi connectivity index (χ3n) is 3.93. The lowest BCUT2D eigenvalue weighted by atomic mass is 9.97. The van der Waals surface area contributed by atoms with Crippen molar-refractivity contribution in [3.63, 3.8) is 0 Å². The van der Waals surface area contributed by atoms with Gasteiger partial charge in [-0.1, -0.05) is 6.92 Å². The van der Waals surface area contributed by atoms with Gasteiger partial charge in [0, 0.05) is 31.0 Å². The van der Waals surface area contributed by atoms with Crippen molar-refractivity contribution in [3.05, 3.63) is 0 Å². The van der Waals surface area contributed by atoms with E-state index in [4.69, 9.17) is 4.74 Å². The van der Waals surface area contributed by atoms with Gasteiger partial charge in [-0.25, -0.2) is 0 Å².